The molecule has 172 valence electrons. The van der Waals surface area contributed by atoms with E-state index < -0.39 is 22.3 Å². The SMILES string of the molecule is CC(C)Cc1nnc(N2C(=O)c3oc4ccc(Cl)cc4c(=O)c3[C@@H]2c2ccc([N+](=O)[O-])cc2)s1. The molecule has 0 radical (unpaired) electrons. The number of benzene rings is 2. The minimum atomic E-state index is -0.886. The smallest absolute Gasteiger partial charge is 0.297 e. The highest BCUT2D eigenvalue weighted by Gasteiger charge is 2.45. The number of nitrogens with zero attached hydrogens (tertiary/aromatic N) is 4. The van der Waals surface area contributed by atoms with Gasteiger partial charge in [-0.25, -0.2) is 0 Å². The normalized spacial score (nSPS) is 15.4. The zero-order chi connectivity index (χ0) is 24.1. The Morgan fingerprint density at radius 2 is 1.91 bits per heavy atom. The lowest BCUT2D eigenvalue weighted by Gasteiger charge is -2.21. The Morgan fingerprint density at radius 3 is 2.59 bits per heavy atom. The third-order valence-electron chi connectivity index (χ3n) is 5.50. The summed E-state index contributed by atoms with van der Waals surface area (Å²) in [5.41, 5.74) is 0.377. The summed E-state index contributed by atoms with van der Waals surface area (Å²) in [6, 6.07) is 9.44. The van der Waals surface area contributed by atoms with Gasteiger partial charge in [0, 0.05) is 23.6 Å². The molecular formula is C23H17ClN4O5S. The Bertz CT molecular complexity index is 1510. The quantitative estimate of drug-likeness (QED) is 0.276. The molecule has 9 nitrogen and oxygen atoms in total. The Morgan fingerprint density at radius 1 is 1.18 bits per heavy atom. The number of nitro groups is 1. The second-order valence-electron chi connectivity index (χ2n) is 8.32. The zero-order valence-electron chi connectivity index (χ0n) is 18.0. The number of aromatic nitrogens is 2. The van der Waals surface area contributed by atoms with Crippen LogP contribution in [0.25, 0.3) is 11.0 Å². The molecular weight excluding hydrogens is 480 g/mol. The van der Waals surface area contributed by atoms with E-state index in [0.29, 0.717) is 28.1 Å². The Labute approximate surface area is 201 Å². The van der Waals surface area contributed by atoms with Crippen molar-refractivity contribution < 1.29 is 14.1 Å². The highest BCUT2D eigenvalue weighted by Crippen LogP contribution is 2.42. The van der Waals surface area contributed by atoms with E-state index in [1.807, 2.05) is 0 Å². The number of non-ortho nitro benzene ring substituents is 1. The van der Waals surface area contributed by atoms with Crippen LogP contribution in [0.15, 0.2) is 51.7 Å². The van der Waals surface area contributed by atoms with Crippen molar-refractivity contribution in [2.24, 2.45) is 5.92 Å². The van der Waals surface area contributed by atoms with Crippen LogP contribution in [0.2, 0.25) is 5.02 Å². The van der Waals surface area contributed by atoms with Crippen molar-refractivity contribution in [2.75, 3.05) is 4.90 Å². The molecule has 0 bridgehead atoms. The first-order valence-corrected chi connectivity index (χ1v) is 11.6. The second-order valence-corrected chi connectivity index (χ2v) is 9.79. The molecule has 1 aliphatic rings. The fraction of sp³-hybridized carbons (Fsp3) is 0.217. The summed E-state index contributed by atoms with van der Waals surface area (Å²) in [6.45, 7) is 4.10. The first kappa shape index (κ1) is 22.2. The van der Waals surface area contributed by atoms with E-state index in [1.165, 1.54) is 46.6 Å². The number of halogens is 1. The van der Waals surface area contributed by atoms with Gasteiger partial charge in [0.2, 0.25) is 10.9 Å². The van der Waals surface area contributed by atoms with Crippen LogP contribution in [0, 0.1) is 16.0 Å². The van der Waals surface area contributed by atoms with Gasteiger partial charge in [0.05, 0.1) is 21.9 Å². The summed E-state index contributed by atoms with van der Waals surface area (Å²) in [7, 11) is 0. The van der Waals surface area contributed by atoms with Crippen LogP contribution in [-0.4, -0.2) is 21.0 Å². The molecule has 1 amide bonds. The van der Waals surface area contributed by atoms with Crippen LogP contribution in [0.5, 0.6) is 0 Å². The summed E-state index contributed by atoms with van der Waals surface area (Å²) in [4.78, 5) is 39.1. The number of hydrogen-bond donors (Lipinski definition) is 0. The summed E-state index contributed by atoms with van der Waals surface area (Å²) in [6.07, 6.45) is 0.689. The van der Waals surface area contributed by atoms with Crippen molar-refractivity contribution in [3.05, 3.63) is 89.7 Å². The third kappa shape index (κ3) is 3.64. The molecule has 34 heavy (non-hydrogen) atoms. The summed E-state index contributed by atoms with van der Waals surface area (Å²) < 4.78 is 5.89. The van der Waals surface area contributed by atoms with E-state index in [2.05, 4.69) is 24.0 Å². The molecule has 1 atom stereocenters. The van der Waals surface area contributed by atoms with Crippen LogP contribution < -0.4 is 10.3 Å². The van der Waals surface area contributed by atoms with E-state index in [-0.39, 0.29) is 28.0 Å². The molecule has 0 saturated heterocycles. The van der Waals surface area contributed by atoms with Crippen LogP contribution in [0.1, 0.15) is 46.6 Å². The van der Waals surface area contributed by atoms with Gasteiger partial charge in [0.25, 0.3) is 11.6 Å². The molecule has 2 aromatic carbocycles. The molecule has 11 heteroatoms. The average molecular weight is 497 g/mol. The summed E-state index contributed by atoms with van der Waals surface area (Å²) >= 11 is 7.36. The zero-order valence-corrected chi connectivity index (χ0v) is 19.6. The number of amides is 1. The highest BCUT2D eigenvalue weighted by molar-refractivity contribution is 7.15. The second kappa shape index (κ2) is 8.30. The van der Waals surface area contributed by atoms with Gasteiger partial charge in [-0.2, -0.15) is 0 Å². The summed E-state index contributed by atoms with van der Waals surface area (Å²) in [5.74, 6) is -0.278. The van der Waals surface area contributed by atoms with Crippen LogP contribution in [-0.2, 0) is 6.42 Å². The average Bonchev–Trinajstić information content (AvgIpc) is 3.36. The number of carbonyl (C=O) groups excluding carboxylic acids is 1. The number of nitro benzene ring substituents is 1. The van der Waals surface area contributed by atoms with Crippen LogP contribution in [0.4, 0.5) is 10.8 Å². The Kier molecular flexibility index (Phi) is 5.41. The maximum absolute atomic E-state index is 13.6. The maximum Gasteiger partial charge on any atom is 0.297 e. The standard InChI is InChI=1S/C23H17ClN4O5S/c1-11(2)9-17-25-26-23(34-17)27-19(12-3-6-14(7-4-12)28(31)32)18-20(29)15-10-13(24)5-8-16(15)33-21(18)22(27)30/h3-8,10-11,19H,9H2,1-2H3/t19-/m0/s1. The van der Waals surface area contributed by atoms with Crippen molar-refractivity contribution in [3.63, 3.8) is 0 Å². The molecule has 0 unspecified atom stereocenters. The van der Waals surface area contributed by atoms with Gasteiger partial charge in [-0.3, -0.25) is 24.6 Å². The molecule has 5 rings (SSSR count). The fourth-order valence-corrected chi connectivity index (χ4v) is 5.26. The third-order valence-corrected chi connectivity index (χ3v) is 6.68. The fourth-order valence-electron chi connectivity index (χ4n) is 4.01. The molecule has 3 heterocycles. The van der Waals surface area contributed by atoms with Gasteiger partial charge in [0.15, 0.2) is 5.43 Å². The first-order chi connectivity index (χ1) is 16.2. The van der Waals surface area contributed by atoms with Gasteiger partial charge in [-0.05, 0) is 41.8 Å². The van der Waals surface area contributed by atoms with E-state index in [9.17, 15) is 19.7 Å². The molecule has 0 saturated carbocycles. The molecule has 0 aliphatic carbocycles. The van der Waals surface area contributed by atoms with E-state index in [0.717, 1.165) is 5.01 Å². The Hall–Kier alpha value is -3.63. The van der Waals surface area contributed by atoms with Gasteiger partial charge in [-0.15, -0.1) is 10.2 Å². The van der Waals surface area contributed by atoms with E-state index >= 15 is 0 Å². The molecule has 0 spiro atoms. The molecule has 4 aromatic rings. The van der Waals surface area contributed by atoms with Crippen molar-refractivity contribution in [3.8, 4) is 0 Å². The number of rotatable bonds is 5. The van der Waals surface area contributed by atoms with Gasteiger partial charge < -0.3 is 4.42 Å². The highest BCUT2D eigenvalue weighted by atomic mass is 35.5. The molecule has 0 fully saturated rings. The summed E-state index contributed by atoms with van der Waals surface area (Å²) in [5, 5.41) is 21.2. The van der Waals surface area contributed by atoms with Gasteiger partial charge in [-0.1, -0.05) is 36.8 Å². The van der Waals surface area contributed by atoms with Crippen molar-refractivity contribution in [1.82, 2.24) is 10.2 Å². The molecule has 1 aliphatic heterocycles. The van der Waals surface area contributed by atoms with E-state index in [1.54, 1.807) is 12.1 Å². The predicted octanol–water partition coefficient (Wildman–Crippen LogP) is 5.15. The minimum absolute atomic E-state index is 0.0937. The lowest BCUT2D eigenvalue weighted by molar-refractivity contribution is -0.384. The van der Waals surface area contributed by atoms with Crippen LogP contribution >= 0.6 is 22.9 Å². The number of fused-ring (bicyclic) bond motifs is 2. The molecule has 0 N–H and O–H groups in total. The van der Waals surface area contributed by atoms with Crippen molar-refractivity contribution >= 4 is 50.6 Å². The maximum atomic E-state index is 13.6. The van der Waals surface area contributed by atoms with E-state index in [4.69, 9.17) is 16.0 Å². The number of hydrogen-bond acceptors (Lipinski definition) is 8. The minimum Gasteiger partial charge on any atom is -0.450 e. The topological polar surface area (TPSA) is 119 Å². The number of anilines is 1. The predicted molar refractivity (Wildman–Crippen MR) is 128 cm³/mol. The van der Waals surface area contributed by atoms with Gasteiger partial charge >= 0.3 is 0 Å². The van der Waals surface area contributed by atoms with Gasteiger partial charge in [0.1, 0.15) is 10.6 Å². The lowest BCUT2D eigenvalue weighted by atomic mass is 9.98. The largest absolute Gasteiger partial charge is 0.450 e. The Balaban J connectivity index is 1.73. The molecule has 2 aromatic heterocycles. The first-order valence-electron chi connectivity index (χ1n) is 10.4. The van der Waals surface area contributed by atoms with Crippen LogP contribution in [0.3, 0.4) is 0 Å². The monoisotopic (exact) mass is 496 g/mol. The van der Waals surface area contributed by atoms with Crippen molar-refractivity contribution in [2.45, 2.75) is 26.3 Å². The van der Waals surface area contributed by atoms with Crippen molar-refractivity contribution in [1.29, 1.82) is 0 Å². The lowest BCUT2D eigenvalue weighted by Crippen LogP contribution is -2.29. The number of carbonyl (C=O) groups is 1.